The Morgan fingerprint density at radius 1 is 1.50 bits per heavy atom. The van der Waals surface area contributed by atoms with E-state index in [2.05, 4.69) is 15.6 Å². The summed E-state index contributed by atoms with van der Waals surface area (Å²) < 4.78 is 0. The van der Waals surface area contributed by atoms with Gasteiger partial charge in [0.1, 0.15) is 0 Å². The zero-order valence-electron chi connectivity index (χ0n) is 11.7. The van der Waals surface area contributed by atoms with Gasteiger partial charge in [-0.2, -0.15) is 0 Å². The molecule has 1 rings (SSSR count). The maximum absolute atomic E-state index is 11.8. The number of nitrogens with one attached hydrogen (secondary N) is 2. The summed E-state index contributed by atoms with van der Waals surface area (Å²) in [5.41, 5.74) is 0. The lowest BCUT2D eigenvalue weighted by molar-refractivity contribution is -0.133. The zero-order chi connectivity index (χ0) is 12.8. The predicted octanol–water partition coefficient (Wildman–Crippen LogP) is 1.05. The van der Waals surface area contributed by atoms with Crippen LogP contribution < -0.4 is 10.6 Å². The molecule has 0 spiro atoms. The van der Waals surface area contributed by atoms with Crippen LogP contribution in [0.25, 0.3) is 0 Å². The van der Waals surface area contributed by atoms with Crippen molar-refractivity contribution < 1.29 is 4.79 Å². The van der Waals surface area contributed by atoms with Crippen LogP contribution in [0.2, 0.25) is 0 Å². The van der Waals surface area contributed by atoms with E-state index in [9.17, 15) is 4.79 Å². The molecule has 1 aliphatic rings. The largest absolute Gasteiger partial charge is 0.357 e. The number of carbonyl (C=O) groups excluding carboxylic acids is 1. The maximum atomic E-state index is 11.8. The molecule has 1 saturated heterocycles. The topological polar surface area (TPSA) is 56.7 Å². The summed E-state index contributed by atoms with van der Waals surface area (Å²) in [4.78, 5) is 17.9. The van der Waals surface area contributed by atoms with Gasteiger partial charge in [0, 0.05) is 38.6 Å². The molecular weight excluding hydrogens is 343 g/mol. The maximum Gasteiger partial charge on any atom is 0.225 e. The third kappa shape index (κ3) is 4.99. The average Bonchev–Trinajstić information content (AvgIpc) is 2.75. The van der Waals surface area contributed by atoms with Gasteiger partial charge in [-0.25, -0.2) is 0 Å². The molecule has 1 amide bonds. The number of aliphatic imine (C=N–C) groups is 1. The second-order valence-corrected chi connectivity index (χ2v) is 4.67. The predicted molar refractivity (Wildman–Crippen MR) is 85.4 cm³/mol. The van der Waals surface area contributed by atoms with Crippen LogP contribution in [-0.4, -0.2) is 49.5 Å². The highest BCUT2D eigenvalue weighted by Gasteiger charge is 2.27. The lowest BCUT2D eigenvalue weighted by atomic mass is 10.2. The van der Waals surface area contributed by atoms with Crippen molar-refractivity contribution in [3.63, 3.8) is 0 Å². The van der Waals surface area contributed by atoms with Crippen molar-refractivity contribution in [2.24, 2.45) is 10.9 Å². The first kappa shape index (κ1) is 17.5. The molecule has 6 heteroatoms. The van der Waals surface area contributed by atoms with E-state index in [1.165, 1.54) is 0 Å². The number of carbonyl (C=O) groups is 1. The molecule has 0 saturated carbocycles. The van der Waals surface area contributed by atoms with Crippen molar-refractivity contribution >= 4 is 35.8 Å². The third-order valence-corrected chi connectivity index (χ3v) is 2.90. The fourth-order valence-corrected chi connectivity index (χ4v) is 2.00. The molecule has 0 aliphatic carbocycles. The van der Waals surface area contributed by atoms with Crippen molar-refractivity contribution in [3.05, 3.63) is 0 Å². The van der Waals surface area contributed by atoms with Crippen molar-refractivity contribution in [1.82, 2.24) is 15.5 Å². The van der Waals surface area contributed by atoms with Crippen LogP contribution in [0.5, 0.6) is 0 Å². The number of nitrogens with zero attached hydrogens (tertiary/aromatic N) is 2. The first-order valence-corrected chi connectivity index (χ1v) is 6.34. The molecule has 0 aromatic heterocycles. The minimum Gasteiger partial charge on any atom is -0.357 e. The normalized spacial score (nSPS) is 19.7. The minimum atomic E-state index is 0. The first-order valence-electron chi connectivity index (χ1n) is 6.34. The molecule has 1 aliphatic heterocycles. The van der Waals surface area contributed by atoms with Gasteiger partial charge in [-0.1, -0.05) is 13.8 Å². The van der Waals surface area contributed by atoms with Gasteiger partial charge in [-0.3, -0.25) is 9.79 Å². The fourth-order valence-electron chi connectivity index (χ4n) is 2.00. The lowest BCUT2D eigenvalue weighted by Gasteiger charge is -2.20. The number of rotatable bonds is 3. The minimum absolute atomic E-state index is 0. The number of guanidine groups is 1. The van der Waals surface area contributed by atoms with Crippen LogP contribution in [-0.2, 0) is 4.79 Å². The van der Waals surface area contributed by atoms with Gasteiger partial charge in [0.25, 0.3) is 0 Å². The SMILES string of the molecule is CCNC(=NC)NC1CCN(C(=O)C(C)C)C1.I. The van der Waals surface area contributed by atoms with Gasteiger partial charge in [0.15, 0.2) is 5.96 Å². The van der Waals surface area contributed by atoms with E-state index in [0.717, 1.165) is 32.0 Å². The summed E-state index contributed by atoms with van der Waals surface area (Å²) in [5.74, 6) is 1.14. The second kappa shape index (κ2) is 8.55. The van der Waals surface area contributed by atoms with E-state index in [4.69, 9.17) is 0 Å². The fraction of sp³-hybridized carbons (Fsp3) is 0.833. The zero-order valence-corrected chi connectivity index (χ0v) is 14.0. The summed E-state index contributed by atoms with van der Waals surface area (Å²) in [6.45, 7) is 8.40. The molecule has 106 valence electrons. The lowest BCUT2D eigenvalue weighted by Crippen LogP contribution is -2.45. The Kier molecular flexibility index (Phi) is 8.30. The van der Waals surface area contributed by atoms with Crippen molar-refractivity contribution in [1.29, 1.82) is 0 Å². The summed E-state index contributed by atoms with van der Waals surface area (Å²) in [5, 5.41) is 6.50. The van der Waals surface area contributed by atoms with Crippen molar-refractivity contribution in [3.8, 4) is 0 Å². The number of halogens is 1. The summed E-state index contributed by atoms with van der Waals surface area (Å²) >= 11 is 0. The average molecular weight is 368 g/mol. The van der Waals surface area contributed by atoms with E-state index in [-0.39, 0.29) is 35.8 Å². The summed E-state index contributed by atoms with van der Waals surface area (Å²) in [7, 11) is 1.76. The Bertz CT molecular complexity index is 294. The molecule has 5 nitrogen and oxygen atoms in total. The van der Waals surface area contributed by atoms with E-state index in [1.807, 2.05) is 25.7 Å². The molecule has 1 unspecified atom stereocenters. The van der Waals surface area contributed by atoms with Gasteiger partial charge in [-0.15, -0.1) is 24.0 Å². The van der Waals surface area contributed by atoms with E-state index in [1.54, 1.807) is 7.05 Å². The van der Waals surface area contributed by atoms with Gasteiger partial charge in [0.05, 0.1) is 0 Å². The van der Waals surface area contributed by atoms with Crippen LogP contribution >= 0.6 is 24.0 Å². The Morgan fingerprint density at radius 3 is 2.67 bits per heavy atom. The Hall–Kier alpha value is -0.530. The van der Waals surface area contributed by atoms with E-state index in [0.29, 0.717) is 6.04 Å². The van der Waals surface area contributed by atoms with Gasteiger partial charge >= 0.3 is 0 Å². The van der Waals surface area contributed by atoms with Crippen LogP contribution in [0.4, 0.5) is 0 Å². The van der Waals surface area contributed by atoms with Crippen molar-refractivity contribution in [2.75, 3.05) is 26.7 Å². The molecule has 1 heterocycles. The molecule has 1 fully saturated rings. The Balaban J connectivity index is 0.00000289. The highest BCUT2D eigenvalue weighted by Crippen LogP contribution is 2.12. The second-order valence-electron chi connectivity index (χ2n) is 4.67. The number of hydrogen-bond acceptors (Lipinski definition) is 2. The molecule has 0 bridgehead atoms. The molecule has 0 aromatic rings. The van der Waals surface area contributed by atoms with Gasteiger partial charge < -0.3 is 15.5 Å². The van der Waals surface area contributed by atoms with Gasteiger partial charge in [0.2, 0.25) is 5.91 Å². The highest BCUT2D eigenvalue weighted by atomic mass is 127. The first-order chi connectivity index (χ1) is 8.08. The standard InChI is InChI=1S/C12H24N4O.HI/c1-5-14-12(13-4)15-10-6-7-16(8-10)11(17)9(2)3;/h9-10H,5-8H2,1-4H3,(H2,13,14,15);1H. The molecule has 1 atom stereocenters. The van der Waals surface area contributed by atoms with Gasteiger partial charge in [-0.05, 0) is 13.3 Å². The Labute approximate surface area is 127 Å². The van der Waals surface area contributed by atoms with Crippen LogP contribution in [0.3, 0.4) is 0 Å². The summed E-state index contributed by atoms with van der Waals surface area (Å²) in [6.07, 6.45) is 0.989. The molecule has 0 radical (unpaired) electrons. The van der Waals surface area contributed by atoms with Crippen LogP contribution in [0, 0.1) is 5.92 Å². The third-order valence-electron chi connectivity index (χ3n) is 2.90. The van der Waals surface area contributed by atoms with E-state index >= 15 is 0 Å². The Morgan fingerprint density at radius 2 is 2.17 bits per heavy atom. The van der Waals surface area contributed by atoms with Crippen LogP contribution in [0.15, 0.2) is 4.99 Å². The molecule has 2 N–H and O–H groups in total. The summed E-state index contributed by atoms with van der Waals surface area (Å²) in [6, 6.07) is 0.315. The van der Waals surface area contributed by atoms with Crippen LogP contribution in [0.1, 0.15) is 27.2 Å². The van der Waals surface area contributed by atoms with Crippen molar-refractivity contribution in [2.45, 2.75) is 33.2 Å². The monoisotopic (exact) mass is 368 g/mol. The molecular formula is C12H25IN4O. The molecule has 0 aromatic carbocycles. The number of amides is 1. The number of hydrogen-bond donors (Lipinski definition) is 2. The van der Waals surface area contributed by atoms with E-state index < -0.39 is 0 Å². The molecule has 18 heavy (non-hydrogen) atoms. The smallest absolute Gasteiger partial charge is 0.225 e. The number of likely N-dealkylation sites (tertiary alicyclic amines) is 1. The quantitative estimate of drug-likeness (QED) is 0.445. The highest BCUT2D eigenvalue weighted by molar-refractivity contribution is 14.0.